The fourth-order valence-corrected chi connectivity index (χ4v) is 2.92. The van der Waals surface area contributed by atoms with Gasteiger partial charge in [-0.3, -0.25) is 0 Å². The first-order valence-electron chi connectivity index (χ1n) is 6.62. The molecule has 0 aliphatic carbocycles. The molecule has 5 heteroatoms. The third-order valence-electron chi connectivity index (χ3n) is 3.33. The maximum absolute atomic E-state index is 9.39. The number of aromatic nitrogens is 1. The van der Waals surface area contributed by atoms with Crippen molar-refractivity contribution in [2.75, 3.05) is 12.8 Å². The monoisotopic (exact) mass is 307 g/mol. The van der Waals surface area contributed by atoms with Gasteiger partial charge in [-0.15, -0.1) is 11.3 Å². The van der Waals surface area contributed by atoms with Gasteiger partial charge in [0.05, 0.1) is 17.7 Å². The van der Waals surface area contributed by atoms with E-state index in [1.807, 2.05) is 47.8 Å². The lowest BCUT2D eigenvalue weighted by Crippen LogP contribution is -1.99. The summed E-state index contributed by atoms with van der Waals surface area (Å²) in [6.45, 7) is 0. The summed E-state index contributed by atoms with van der Waals surface area (Å²) in [4.78, 5) is 5.37. The van der Waals surface area contributed by atoms with Gasteiger partial charge in [0.2, 0.25) is 0 Å². The maximum Gasteiger partial charge on any atom is 0.142 e. The highest BCUT2D eigenvalue weighted by Gasteiger charge is 2.13. The molecule has 3 aromatic rings. The van der Waals surface area contributed by atoms with Gasteiger partial charge in [-0.25, -0.2) is 4.98 Å². The molecule has 1 aromatic carbocycles. The van der Waals surface area contributed by atoms with Crippen LogP contribution in [0.2, 0.25) is 0 Å². The highest BCUT2D eigenvalue weighted by atomic mass is 32.1. The molecule has 0 spiro atoms. The van der Waals surface area contributed by atoms with Crippen molar-refractivity contribution in [1.29, 1.82) is 5.26 Å². The van der Waals surface area contributed by atoms with Crippen LogP contribution in [0, 0.1) is 11.3 Å². The molecule has 0 fully saturated rings. The molecule has 3 rings (SSSR count). The predicted octanol–water partition coefficient (Wildman–Crippen LogP) is 3.94. The topological polar surface area (TPSA) is 71.9 Å². The number of ether oxygens (including phenoxy) is 1. The summed E-state index contributed by atoms with van der Waals surface area (Å²) in [5.41, 5.74) is 8.83. The number of nitrogen functional groups attached to an aromatic ring is 1. The average Bonchev–Trinajstić information content (AvgIpc) is 3.08. The fourth-order valence-electron chi connectivity index (χ4n) is 2.23. The second-order valence-corrected chi connectivity index (χ2v) is 5.58. The zero-order valence-corrected chi connectivity index (χ0v) is 12.7. The van der Waals surface area contributed by atoms with Crippen molar-refractivity contribution >= 4 is 17.2 Å². The zero-order chi connectivity index (χ0) is 15.5. The number of hydrogen-bond acceptors (Lipinski definition) is 5. The molecule has 0 amide bonds. The lowest BCUT2D eigenvalue weighted by molar-refractivity contribution is 0.415. The van der Waals surface area contributed by atoms with Crippen LogP contribution in [0.5, 0.6) is 5.75 Å². The lowest BCUT2D eigenvalue weighted by atomic mass is 10.00. The Morgan fingerprint density at radius 3 is 2.59 bits per heavy atom. The Balaban J connectivity index is 2.18. The van der Waals surface area contributed by atoms with Crippen molar-refractivity contribution in [3.63, 3.8) is 0 Å². The standard InChI is InChI=1S/C17H13N3OS/c1-21-12-6-4-11(5-7-12)13-9-15(16-3-2-8-22-16)20-17(19)14(13)10-18/h2-9H,1H3,(H2,19,20). The number of rotatable bonds is 3. The molecule has 0 atom stereocenters. The van der Waals surface area contributed by atoms with Gasteiger partial charge < -0.3 is 10.5 Å². The Kier molecular flexibility index (Phi) is 3.77. The van der Waals surface area contributed by atoms with Gasteiger partial charge in [0, 0.05) is 5.56 Å². The number of hydrogen-bond donors (Lipinski definition) is 1. The molecule has 0 unspecified atom stereocenters. The van der Waals surface area contributed by atoms with E-state index in [9.17, 15) is 5.26 Å². The lowest BCUT2D eigenvalue weighted by Gasteiger charge is -2.10. The number of methoxy groups -OCH3 is 1. The van der Waals surface area contributed by atoms with Crippen LogP contribution in [0.3, 0.4) is 0 Å². The number of nitrogens with zero attached hydrogens (tertiary/aromatic N) is 2. The van der Waals surface area contributed by atoms with Gasteiger partial charge in [0.1, 0.15) is 23.2 Å². The summed E-state index contributed by atoms with van der Waals surface area (Å²) in [5.74, 6) is 1.02. The van der Waals surface area contributed by atoms with E-state index < -0.39 is 0 Å². The third-order valence-corrected chi connectivity index (χ3v) is 4.23. The van der Waals surface area contributed by atoms with E-state index in [4.69, 9.17) is 10.5 Å². The molecule has 108 valence electrons. The van der Waals surface area contributed by atoms with E-state index in [1.165, 1.54) is 0 Å². The van der Waals surface area contributed by atoms with Crippen LogP contribution in [0.4, 0.5) is 5.82 Å². The maximum atomic E-state index is 9.39. The van der Waals surface area contributed by atoms with Crippen LogP contribution < -0.4 is 10.5 Å². The van der Waals surface area contributed by atoms with E-state index in [1.54, 1.807) is 18.4 Å². The minimum absolute atomic E-state index is 0.249. The molecule has 0 aliphatic heterocycles. The van der Waals surface area contributed by atoms with Crippen molar-refractivity contribution in [3.8, 4) is 33.5 Å². The predicted molar refractivity (Wildman–Crippen MR) is 88.7 cm³/mol. The molecular formula is C17H13N3OS. The van der Waals surface area contributed by atoms with Crippen molar-refractivity contribution < 1.29 is 4.74 Å². The summed E-state index contributed by atoms with van der Waals surface area (Å²) in [7, 11) is 1.62. The van der Waals surface area contributed by atoms with Gasteiger partial charge in [0.15, 0.2) is 0 Å². The van der Waals surface area contributed by atoms with E-state index in [0.717, 1.165) is 27.4 Å². The van der Waals surface area contributed by atoms with Crippen LogP contribution >= 0.6 is 11.3 Å². The minimum Gasteiger partial charge on any atom is -0.497 e. The van der Waals surface area contributed by atoms with Crippen molar-refractivity contribution in [2.24, 2.45) is 0 Å². The smallest absolute Gasteiger partial charge is 0.142 e. The molecule has 2 N–H and O–H groups in total. The first-order chi connectivity index (χ1) is 10.7. The van der Waals surface area contributed by atoms with Crippen LogP contribution in [-0.2, 0) is 0 Å². The van der Waals surface area contributed by atoms with Crippen LogP contribution in [0.1, 0.15) is 5.56 Å². The van der Waals surface area contributed by atoms with Crippen LogP contribution in [0.15, 0.2) is 47.8 Å². The van der Waals surface area contributed by atoms with Crippen LogP contribution in [-0.4, -0.2) is 12.1 Å². The summed E-state index contributed by atoms with van der Waals surface area (Å²) in [6, 6.07) is 15.5. The van der Waals surface area contributed by atoms with Crippen molar-refractivity contribution in [3.05, 3.63) is 53.4 Å². The summed E-state index contributed by atoms with van der Waals surface area (Å²) < 4.78 is 5.17. The van der Waals surface area contributed by atoms with Crippen molar-refractivity contribution in [2.45, 2.75) is 0 Å². The first-order valence-corrected chi connectivity index (χ1v) is 7.50. The average molecular weight is 307 g/mol. The normalized spacial score (nSPS) is 10.2. The molecule has 0 aliphatic rings. The quantitative estimate of drug-likeness (QED) is 0.795. The SMILES string of the molecule is COc1ccc(-c2cc(-c3cccs3)nc(N)c2C#N)cc1. The summed E-state index contributed by atoms with van der Waals surface area (Å²) >= 11 is 1.59. The molecule has 2 aromatic heterocycles. The Labute approximate surface area is 132 Å². The zero-order valence-electron chi connectivity index (χ0n) is 11.9. The number of thiophene rings is 1. The highest BCUT2D eigenvalue weighted by Crippen LogP contribution is 2.33. The Morgan fingerprint density at radius 2 is 2.00 bits per heavy atom. The second-order valence-electron chi connectivity index (χ2n) is 4.63. The van der Waals surface area contributed by atoms with Gasteiger partial charge in [-0.1, -0.05) is 18.2 Å². The Morgan fingerprint density at radius 1 is 1.23 bits per heavy atom. The summed E-state index contributed by atoms with van der Waals surface area (Å²) in [6.07, 6.45) is 0. The van der Waals surface area contributed by atoms with Gasteiger partial charge >= 0.3 is 0 Å². The number of nitrogens with two attached hydrogens (primary N) is 1. The molecule has 4 nitrogen and oxygen atoms in total. The fraction of sp³-hybridized carbons (Fsp3) is 0.0588. The number of benzene rings is 1. The van der Waals surface area contributed by atoms with Gasteiger partial charge in [-0.2, -0.15) is 5.26 Å². The molecule has 0 radical (unpaired) electrons. The Hall–Kier alpha value is -2.84. The molecule has 0 saturated heterocycles. The molecule has 2 heterocycles. The van der Waals surface area contributed by atoms with Gasteiger partial charge in [0.25, 0.3) is 0 Å². The second kappa shape index (κ2) is 5.88. The van der Waals surface area contributed by atoms with E-state index in [0.29, 0.717) is 5.56 Å². The third kappa shape index (κ3) is 2.52. The molecule has 0 bridgehead atoms. The van der Waals surface area contributed by atoms with E-state index in [-0.39, 0.29) is 5.82 Å². The first kappa shape index (κ1) is 14.1. The van der Waals surface area contributed by atoms with E-state index >= 15 is 0 Å². The summed E-state index contributed by atoms with van der Waals surface area (Å²) in [5, 5.41) is 11.4. The number of anilines is 1. The number of nitriles is 1. The Bertz CT molecular complexity index is 834. The molecule has 22 heavy (non-hydrogen) atoms. The number of pyridine rings is 1. The van der Waals surface area contributed by atoms with Crippen molar-refractivity contribution in [1.82, 2.24) is 4.98 Å². The molecule has 0 saturated carbocycles. The van der Waals surface area contributed by atoms with Crippen LogP contribution in [0.25, 0.3) is 21.7 Å². The minimum atomic E-state index is 0.249. The highest BCUT2D eigenvalue weighted by molar-refractivity contribution is 7.13. The van der Waals surface area contributed by atoms with Gasteiger partial charge in [-0.05, 0) is 35.2 Å². The molecular weight excluding hydrogens is 294 g/mol. The largest absolute Gasteiger partial charge is 0.497 e. The van der Waals surface area contributed by atoms with E-state index in [2.05, 4.69) is 11.1 Å².